The first kappa shape index (κ1) is 14.4. The molecule has 4 aromatic heterocycles. The summed E-state index contributed by atoms with van der Waals surface area (Å²) in [7, 11) is 0. The Labute approximate surface area is 147 Å². The number of rotatable bonds is 2. The van der Waals surface area contributed by atoms with Crippen molar-refractivity contribution >= 4 is 39.0 Å². The van der Waals surface area contributed by atoms with Gasteiger partial charge < -0.3 is 0 Å². The molecule has 4 heterocycles. The van der Waals surface area contributed by atoms with Crippen LogP contribution in [0.4, 0.5) is 0 Å². The standard InChI is InChI=1S/C17H15N5S2/c1-10-5-6-11-12(8-10)23-15-14(11)16(19-9-18-15)24-17-21-20-13-4-2-3-7-22(13)17/h2-4,7,9-10H,5-6,8H2,1H3. The van der Waals surface area contributed by atoms with E-state index in [1.54, 1.807) is 18.1 Å². The summed E-state index contributed by atoms with van der Waals surface area (Å²) in [4.78, 5) is 11.7. The zero-order valence-corrected chi connectivity index (χ0v) is 14.8. The van der Waals surface area contributed by atoms with E-state index in [2.05, 4.69) is 27.1 Å². The van der Waals surface area contributed by atoms with Crippen LogP contribution in [0.3, 0.4) is 0 Å². The number of aromatic nitrogens is 5. The number of aryl methyl sites for hydroxylation is 1. The van der Waals surface area contributed by atoms with Crippen molar-refractivity contribution in [3.05, 3.63) is 41.2 Å². The second-order valence-corrected chi connectivity index (χ2v) is 8.26. The molecule has 0 aliphatic heterocycles. The third-order valence-corrected chi connectivity index (χ3v) is 6.65. The van der Waals surface area contributed by atoms with Crippen molar-refractivity contribution in [2.75, 3.05) is 0 Å². The van der Waals surface area contributed by atoms with Gasteiger partial charge in [-0.05, 0) is 54.6 Å². The maximum absolute atomic E-state index is 4.57. The molecule has 1 unspecified atom stereocenters. The fraction of sp³-hybridized carbons (Fsp3) is 0.294. The lowest BCUT2D eigenvalue weighted by Gasteiger charge is -2.18. The fourth-order valence-electron chi connectivity index (χ4n) is 3.30. The molecule has 7 heteroatoms. The summed E-state index contributed by atoms with van der Waals surface area (Å²) in [5, 5.41) is 11.6. The number of pyridine rings is 1. The van der Waals surface area contributed by atoms with Crippen LogP contribution >= 0.6 is 23.1 Å². The lowest BCUT2D eigenvalue weighted by Crippen LogP contribution is -2.08. The normalized spacial score (nSPS) is 17.5. The van der Waals surface area contributed by atoms with Crippen LogP contribution in [-0.2, 0) is 12.8 Å². The Hall–Kier alpha value is -1.99. The van der Waals surface area contributed by atoms with Crippen LogP contribution in [0.1, 0.15) is 23.8 Å². The highest BCUT2D eigenvalue weighted by molar-refractivity contribution is 7.99. The molecule has 0 amide bonds. The lowest BCUT2D eigenvalue weighted by atomic mass is 9.89. The Morgan fingerprint density at radius 3 is 3.17 bits per heavy atom. The maximum atomic E-state index is 4.57. The van der Waals surface area contributed by atoms with E-state index in [1.165, 1.54) is 22.2 Å². The van der Waals surface area contributed by atoms with E-state index in [4.69, 9.17) is 0 Å². The average Bonchev–Trinajstić information content (AvgIpc) is 3.16. The predicted octanol–water partition coefficient (Wildman–Crippen LogP) is 4.01. The molecule has 4 aromatic rings. The van der Waals surface area contributed by atoms with Gasteiger partial charge in [-0.1, -0.05) is 13.0 Å². The molecule has 0 spiro atoms. The summed E-state index contributed by atoms with van der Waals surface area (Å²) in [6.45, 7) is 2.33. The highest BCUT2D eigenvalue weighted by Gasteiger charge is 2.24. The highest BCUT2D eigenvalue weighted by atomic mass is 32.2. The molecule has 120 valence electrons. The Balaban J connectivity index is 1.64. The minimum absolute atomic E-state index is 0.759. The number of fused-ring (bicyclic) bond motifs is 4. The van der Waals surface area contributed by atoms with Crippen LogP contribution in [0.2, 0.25) is 0 Å². The fourth-order valence-corrected chi connectivity index (χ4v) is 5.64. The van der Waals surface area contributed by atoms with Crippen LogP contribution < -0.4 is 0 Å². The summed E-state index contributed by atoms with van der Waals surface area (Å²) in [6, 6.07) is 5.92. The zero-order valence-electron chi connectivity index (χ0n) is 13.1. The number of hydrogen-bond acceptors (Lipinski definition) is 6. The van der Waals surface area contributed by atoms with E-state index >= 15 is 0 Å². The van der Waals surface area contributed by atoms with Crippen LogP contribution in [-0.4, -0.2) is 24.6 Å². The summed E-state index contributed by atoms with van der Waals surface area (Å²) >= 11 is 3.40. The summed E-state index contributed by atoms with van der Waals surface area (Å²) < 4.78 is 2.00. The van der Waals surface area contributed by atoms with Crippen molar-refractivity contribution in [2.24, 2.45) is 5.92 Å². The Morgan fingerprint density at radius 1 is 1.25 bits per heavy atom. The molecule has 1 atom stereocenters. The minimum atomic E-state index is 0.759. The third kappa shape index (κ3) is 2.22. The van der Waals surface area contributed by atoms with Crippen molar-refractivity contribution in [2.45, 2.75) is 36.4 Å². The average molecular weight is 353 g/mol. The SMILES string of the molecule is CC1CCc2c(sc3ncnc(Sc4nnc5ccccn45)c23)C1. The minimum Gasteiger partial charge on any atom is -0.277 e. The van der Waals surface area contributed by atoms with Gasteiger partial charge in [0.25, 0.3) is 0 Å². The molecule has 0 fully saturated rings. The molecule has 0 saturated heterocycles. The molecule has 0 radical (unpaired) electrons. The molecule has 5 nitrogen and oxygen atoms in total. The van der Waals surface area contributed by atoms with Gasteiger partial charge in [-0.25, -0.2) is 9.97 Å². The van der Waals surface area contributed by atoms with Crippen molar-refractivity contribution in [3.8, 4) is 0 Å². The van der Waals surface area contributed by atoms with Crippen LogP contribution in [0, 0.1) is 5.92 Å². The number of thiophene rings is 1. The molecular formula is C17H15N5S2. The number of nitrogens with zero attached hydrogens (tertiary/aromatic N) is 5. The molecular weight excluding hydrogens is 338 g/mol. The summed E-state index contributed by atoms with van der Waals surface area (Å²) in [5.74, 6) is 0.759. The molecule has 0 aromatic carbocycles. The number of hydrogen-bond donors (Lipinski definition) is 0. The molecule has 0 bridgehead atoms. The van der Waals surface area contributed by atoms with Gasteiger partial charge in [0, 0.05) is 16.5 Å². The largest absolute Gasteiger partial charge is 0.277 e. The van der Waals surface area contributed by atoms with E-state index in [0.717, 1.165) is 39.4 Å². The van der Waals surface area contributed by atoms with Gasteiger partial charge in [0.05, 0.1) is 0 Å². The van der Waals surface area contributed by atoms with Gasteiger partial charge >= 0.3 is 0 Å². The van der Waals surface area contributed by atoms with E-state index in [1.807, 2.05) is 40.1 Å². The van der Waals surface area contributed by atoms with Crippen LogP contribution in [0.25, 0.3) is 15.9 Å². The van der Waals surface area contributed by atoms with Crippen molar-refractivity contribution in [3.63, 3.8) is 0 Å². The lowest BCUT2D eigenvalue weighted by molar-refractivity contribution is 0.509. The van der Waals surface area contributed by atoms with Gasteiger partial charge in [0.15, 0.2) is 5.65 Å². The Kier molecular flexibility index (Phi) is 3.31. The molecule has 0 saturated carbocycles. The van der Waals surface area contributed by atoms with Crippen LogP contribution in [0.5, 0.6) is 0 Å². The van der Waals surface area contributed by atoms with Gasteiger partial charge in [0.2, 0.25) is 5.16 Å². The van der Waals surface area contributed by atoms with Gasteiger partial charge in [-0.2, -0.15) is 0 Å². The van der Waals surface area contributed by atoms with E-state index < -0.39 is 0 Å². The van der Waals surface area contributed by atoms with Gasteiger partial charge in [-0.3, -0.25) is 4.40 Å². The first-order chi connectivity index (χ1) is 11.8. The Morgan fingerprint density at radius 2 is 2.21 bits per heavy atom. The quantitative estimate of drug-likeness (QED) is 0.510. The second-order valence-electron chi connectivity index (χ2n) is 6.22. The van der Waals surface area contributed by atoms with Crippen LogP contribution in [0.15, 0.2) is 40.9 Å². The van der Waals surface area contributed by atoms with E-state index in [-0.39, 0.29) is 0 Å². The van der Waals surface area contributed by atoms with E-state index in [0.29, 0.717) is 0 Å². The topological polar surface area (TPSA) is 56.0 Å². The van der Waals surface area contributed by atoms with Gasteiger partial charge in [-0.15, -0.1) is 21.5 Å². The molecule has 5 rings (SSSR count). The van der Waals surface area contributed by atoms with Crippen molar-refractivity contribution in [1.82, 2.24) is 24.6 Å². The summed E-state index contributed by atoms with van der Waals surface area (Å²) in [5.41, 5.74) is 2.30. The maximum Gasteiger partial charge on any atom is 0.201 e. The first-order valence-corrected chi connectivity index (χ1v) is 9.66. The first-order valence-electron chi connectivity index (χ1n) is 8.02. The second kappa shape index (κ2) is 5.53. The zero-order chi connectivity index (χ0) is 16.1. The third-order valence-electron chi connectivity index (χ3n) is 4.53. The summed E-state index contributed by atoms with van der Waals surface area (Å²) in [6.07, 6.45) is 7.18. The van der Waals surface area contributed by atoms with Gasteiger partial charge in [0.1, 0.15) is 16.2 Å². The monoisotopic (exact) mass is 353 g/mol. The molecule has 24 heavy (non-hydrogen) atoms. The van der Waals surface area contributed by atoms with Crippen molar-refractivity contribution in [1.29, 1.82) is 0 Å². The van der Waals surface area contributed by atoms with Crippen molar-refractivity contribution < 1.29 is 0 Å². The van der Waals surface area contributed by atoms with E-state index in [9.17, 15) is 0 Å². The molecule has 1 aliphatic rings. The smallest absolute Gasteiger partial charge is 0.201 e. The Bertz CT molecular complexity index is 1050. The molecule has 0 N–H and O–H groups in total. The predicted molar refractivity (Wildman–Crippen MR) is 95.7 cm³/mol. The highest BCUT2D eigenvalue weighted by Crippen LogP contribution is 2.41. The molecule has 1 aliphatic carbocycles.